The van der Waals surface area contributed by atoms with Crippen molar-refractivity contribution < 1.29 is 0 Å². The van der Waals surface area contributed by atoms with Gasteiger partial charge in [-0.05, 0) is 102 Å². The van der Waals surface area contributed by atoms with Crippen molar-refractivity contribution in [3.63, 3.8) is 0 Å². The van der Waals surface area contributed by atoms with E-state index in [1.165, 1.54) is 32.1 Å². The quantitative estimate of drug-likeness (QED) is 0.0750. The fraction of sp³-hybridized carbons (Fsp3) is 0.610. The van der Waals surface area contributed by atoms with Crippen LogP contribution in [0.2, 0.25) is 0 Å². The molecule has 3 nitrogen and oxygen atoms in total. The number of nitrogens with zero attached hydrogens (tertiary/aromatic N) is 3. The molecule has 3 heteroatoms. The van der Waals surface area contributed by atoms with Crippen LogP contribution in [0.15, 0.2) is 81.9 Å². The Hall–Kier alpha value is -2.86. The van der Waals surface area contributed by atoms with Crippen LogP contribution in [0.1, 0.15) is 119 Å². The van der Waals surface area contributed by atoms with Crippen LogP contribution in [0.5, 0.6) is 0 Å². The zero-order chi connectivity index (χ0) is 32.8. The molecule has 0 saturated carbocycles. The minimum absolute atomic E-state index is 0.0325. The minimum Gasteiger partial charge on any atom is -0.330 e. The molecule has 0 radical (unpaired) electrons. The SMILES string of the molecule is C=N/C(=N\C)N(C)C(C#CC/C=C\C)C(C=CC)CC(/C=C/CC)C/C=C\CC(C)CC(C)(C)/C1=C(\CC)CCC/C=C\C1. The van der Waals surface area contributed by atoms with Crippen molar-refractivity contribution in [1.29, 1.82) is 0 Å². The first kappa shape index (κ1) is 39.2. The summed E-state index contributed by atoms with van der Waals surface area (Å²) in [6.07, 6.45) is 35.3. The maximum Gasteiger partial charge on any atom is 0.220 e. The van der Waals surface area contributed by atoms with Gasteiger partial charge in [0.25, 0.3) is 0 Å². The lowest BCUT2D eigenvalue weighted by molar-refractivity contribution is 0.319. The van der Waals surface area contributed by atoms with Crippen LogP contribution >= 0.6 is 0 Å². The summed E-state index contributed by atoms with van der Waals surface area (Å²) in [4.78, 5) is 10.6. The fourth-order valence-electron chi connectivity index (χ4n) is 6.66. The molecule has 1 aliphatic rings. The predicted octanol–water partition coefficient (Wildman–Crippen LogP) is 11.3. The highest BCUT2D eigenvalue weighted by Gasteiger charge is 2.28. The summed E-state index contributed by atoms with van der Waals surface area (Å²) in [6.45, 7) is 19.8. The summed E-state index contributed by atoms with van der Waals surface area (Å²) >= 11 is 0. The van der Waals surface area contributed by atoms with Gasteiger partial charge in [-0.15, -0.1) is 0 Å². The van der Waals surface area contributed by atoms with E-state index >= 15 is 0 Å². The molecule has 0 aliphatic heterocycles. The summed E-state index contributed by atoms with van der Waals surface area (Å²) in [5.74, 6) is 8.87. The third-order valence-electron chi connectivity index (χ3n) is 8.85. The number of guanidine groups is 1. The number of hydrogen-bond donors (Lipinski definition) is 0. The molecule has 0 saturated heterocycles. The monoisotopic (exact) mass is 600 g/mol. The van der Waals surface area contributed by atoms with Gasteiger partial charge in [0.2, 0.25) is 5.96 Å². The Morgan fingerprint density at radius 1 is 1.07 bits per heavy atom. The van der Waals surface area contributed by atoms with E-state index < -0.39 is 0 Å². The third-order valence-corrected chi connectivity index (χ3v) is 8.85. The summed E-state index contributed by atoms with van der Waals surface area (Å²) in [7, 11) is 3.80. The van der Waals surface area contributed by atoms with E-state index in [1.807, 2.05) is 14.0 Å². The van der Waals surface area contributed by atoms with E-state index in [1.54, 1.807) is 18.2 Å². The molecule has 1 rings (SSSR count). The van der Waals surface area contributed by atoms with Crippen LogP contribution in [0.25, 0.3) is 0 Å². The highest BCUT2D eigenvalue weighted by Crippen LogP contribution is 2.41. The zero-order valence-electron chi connectivity index (χ0n) is 29.9. The zero-order valence-corrected chi connectivity index (χ0v) is 29.9. The smallest absolute Gasteiger partial charge is 0.220 e. The van der Waals surface area contributed by atoms with Gasteiger partial charge in [-0.1, -0.05) is 118 Å². The molecule has 0 spiro atoms. The van der Waals surface area contributed by atoms with Crippen LogP contribution in [0.3, 0.4) is 0 Å². The molecule has 244 valence electrons. The largest absolute Gasteiger partial charge is 0.330 e. The van der Waals surface area contributed by atoms with Crippen LogP contribution in [0, 0.1) is 35.0 Å². The molecule has 4 atom stereocenters. The first-order chi connectivity index (χ1) is 21.2. The molecule has 44 heavy (non-hydrogen) atoms. The second kappa shape index (κ2) is 22.6. The molecule has 0 aromatic rings. The van der Waals surface area contributed by atoms with Crippen LogP contribution in [-0.2, 0) is 0 Å². The molecule has 0 amide bonds. The highest BCUT2D eigenvalue weighted by molar-refractivity contribution is 5.84. The number of hydrogen-bond acceptors (Lipinski definition) is 1. The summed E-state index contributed by atoms with van der Waals surface area (Å²) in [5, 5.41) is 0. The van der Waals surface area contributed by atoms with Crippen LogP contribution in [0.4, 0.5) is 0 Å². The number of allylic oxidation sites excluding steroid dienone is 11. The van der Waals surface area contributed by atoms with Gasteiger partial charge in [-0.2, -0.15) is 0 Å². The topological polar surface area (TPSA) is 28.0 Å². The number of rotatable bonds is 16. The lowest BCUT2D eigenvalue weighted by atomic mass is 9.72. The van der Waals surface area contributed by atoms with Gasteiger partial charge < -0.3 is 4.90 Å². The summed E-state index contributed by atoms with van der Waals surface area (Å²) < 4.78 is 0. The van der Waals surface area contributed by atoms with Crippen molar-refractivity contribution in [1.82, 2.24) is 4.90 Å². The van der Waals surface area contributed by atoms with E-state index in [0.717, 1.165) is 38.5 Å². The predicted molar refractivity (Wildman–Crippen MR) is 198 cm³/mol. The van der Waals surface area contributed by atoms with Crippen molar-refractivity contribution >= 4 is 12.7 Å². The van der Waals surface area contributed by atoms with Gasteiger partial charge in [0.05, 0.1) is 6.04 Å². The summed E-state index contributed by atoms with van der Waals surface area (Å²) in [6, 6.07) is -0.0325. The maximum absolute atomic E-state index is 4.37. The van der Waals surface area contributed by atoms with Crippen molar-refractivity contribution in [3.8, 4) is 11.8 Å². The van der Waals surface area contributed by atoms with Crippen LogP contribution < -0.4 is 0 Å². The normalized spacial score (nSPS) is 20.3. The Balaban J connectivity index is 3.07. The third kappa shape index (κ3) is 14.3. The summed E-state index contributed by atoms with van der Waals surface area (Å²) in [5.41, 5.74) is 3.64. The van der Waals surface area contributed by atoms with Crippen molar-refractivity contribution in [3.05, 3.63) is 71.9 Å². The van der Waals surface area contributed by atoms with E-state index in [4.69, 9.17) is 0 Å². The van der Waals surface area contributed by atoms with E-state index in [-0.39, 0.29) is 17.4 Å². The van der Waals surface area contributed by atoms with Gasteiger partial charge in [-0.25, -0.2) is 4.99 Å². The first-order valence-electron chi connectivity index (χ1n) is 17.2. The Morgan fingerprint density at radius 3 is 2.45 bits per heavy atom. The standard InChI is InChI=1S/C41H65N3/c1-11-15-17-22-31-39(44(10)40(42-8)43-9)37(25-13-3)32-35(27-16-12-2)28-24-23-26-34(5)33-41(6,7)38-30-21-19-18-20-29-36(38)14-4/h11,13,15-16,19,21,23-25,27,34-35,37,39H,8,12,14,17-18,20,26,28-30,32-33H2,1-7,9-10H3/b15-11-,21-19-,24-23-,25-13?,27-16+,38-36+,43-40+. The van der Waals surface area contributed by atoms with Gasteiger partial charge in [0, 0.05) is 26.4 Å². The Morgan fingerprint density at radius 2 is 1.82 bits per heavy atom. The molecule has 4 unspecified atom stereocenters. The van der Waals surface area contributed by atoms with Crippen LogP contribution in [-0.4, -0.2) is 37.7 Å². The fourth-order valence-corrected chi connectivity index (χ4v) is 6.66. The second-order valence-electron chi connectivity index (χ2n) is 13.0. The molecule has 0 heterocycles. The van der Waals surface area contributed by atoms with Gasteiger partial charge in [0.15, 0.2) is 0 Å². The van der Waals surface area contributed by atoms with Crippen molar-refractivity contribution in [2.75, 3.05) is 14.1 Å². The molecular formula is C41H65N3. The maximum atomic E-state index is 4.37. The lowest BCUT2D eigenvalue weighted by Gasteiger charge is -2.33. The second-order valence-corrected chi connectivity index (χ2v) is 13.0. The van der Waals surface area contributed by atoms with Gasteiger partial charge >= 0.3 is 0 Å². The average molecular weight is 600 g/mol. The molecular weight excluding hydrogens is 534 g/mol. The Bertz CT molecular complexity index is 1100. The molecule has 1 aliphatic carbocycles. The Labute approximate surface area is 273 Å². The minimum atomic E-state index is -0.0325. The van der Waals surface area contributed by atoms with Crippen molar-refractivity contribution in [2.45, 2.75) is 125 Å². The van der Waals surface area contributed by atoms with E-state index in [0.29, 0.717) is 17.8 Å². The van der Waals surface area contributed by atoms with Gasteiger partial charge in [-0.3, -0.25) is 4.99 Å². The first-order valence-corrected chi connectivity index (χ1v) is 17.2. The highest BCUT2D eigenvalue weighted by atomic mass is 15.3. The molecule has 0 aromatic carbocycles. The van der Waals surface area contributed by atoms with E-state index in [2.05, 4.69) is 136 Å². The van der Waals surface area contributed by atoms with Gasteiger partial charge in [0.1, 0.15) is 0 Å². The molecule has 0 fully saturated rings. The molecule has 0 bridgehead atoms. The molecule has 0 aromatic heterocycles. The van der Waals surface area contributed by atoms with E-state index in [9.17, 15) is 0 Å². The lowest BCUT2D eigenvalue weighted by Crippen LogP contribution is -2.40. The van der Waals surface area contributed by atoms with Crippen molar-refractivity contribution in [2.24, 2.45) is 33.2 Å². The Kier molecular flexibility index (Phi) is 20.1. The number of aliphatic imine (C=N–C) groups is 2. The molecule has 0 N–H and O–H groups in total. The average Bonchev–Trinajstić information content (AvgIpc) is 2.97.